The molecule has 0 aromatic rings. The van der Waals surface area contributed by atoms with Gasteiger partial charge in [0.15, 0.2) is 5.96 Å². The van der Waals surface area contributed by atoms with Crippen LogP contribution in [0.5, 0.6) is 0 Å². The molecule has 10 heteroatoms. The first-order valence-corrected chi connectivity index (χ1v) is 10.3. The number of hydrogen-bond donors (Lipinski definition) is 3. The molecule has 0 unspecified atom stereocenters. The van der Waals surface area contributed by atoms with Gasteiger partial charge in [-0.15, -0.1) is 24.0 Å². The van der Waals surface area contributed by atoms with Gasteiger partial charge in [-0.05, 0) is 27.7 Å². The van der Waals surface area contributed by atoms with E-state index in [1.54, 1.807) is 6.92 Å². The third-order valence-corrected chi connectivity index (χ3v) is 5.36. The number of hydrogen-bond acceptors (Lipinski definition) is 5. The lowest BCUT2D eigenvalue weighted by atomic mass is 10.0. The molecule has 150 valence electrons. The third kappa shape index (κ3) is 9.92. The van der Waals surface area contributed by atoms with Crippen molar-refractivity contribution in [3.05, 3.63) is 0 Å². The molecule has 0 radical (unpaired) electrons. The van der Waals surface area contributed by atoms with Crippen molar-refractivity contribution in [1.82, 2.24) is 20.3 Å². The van der Waals surface area contributed by atoms with E-state index in [2.05, 4.69) is 39.1 Å². The lowest BCUT2D eigenvalue weighted by Crippen LogP contribution is -2.52. The van der Waals surface area contributed by atoms with Gasteiger partial charge in [-0.3, -0.25) is 9.89 Å². The van der Waals surface area contributed by atoms with Gasteiger partial charge in [-0.25, -0.2) is 13.1 Å². The number of halogens is 1. The average Bonchev–Trinajstić information content (AvgIpc) is 2.57. The summed E-state index contributed by atoms with van der Waals surface area (Å²) in [4.78, 5) is 7.04. The molecule has 1 aliphatic rings. The maximum atomic E-state index is 11.4. The van der Waals surface area contributed by atoms with Crippen molar-refractivity contribution < 1.29 is 13.2 Å². The zero-order valence-corrected chi connectivity index (χ0v) is 18.9. The maximum Gasteiger partial charge on any atom is 0.211 e. The highest BCUT2D eigenvalue weighted by molar-refractivity contribution is 14.0. The Morgan fingerprint density at radius 1 is 1.16 bits per heavy atom. The van der Waals surface area contributed by atoms with Gasteiger partial charge in [-0.1, -0.05) is 0 Å². The molecule has 1 rings (SSSR count). The van der Waals surface area contributed by atoms with Crippen molar-refractivity contribution in [3.8, 4) is 0 Å². The van der Waals surface area contributed by atoms with Crippen LogP contribution >= 0.6 is 24.0 Å². The molecule has 0 bridgehead atoms. The smallest absolute Gasteiger partial charge is 0.211 e. The minimum Gasteiger partial charge on any atom is -0.379 e. The predicted molar refractivity (Wildman–Crippen MR) is 113 cm³/mol. The summed E-state index contributed by atoms with van der Waals surface area (Å²) >= 11 is 0. The average molecular weight is 491 g/mol. The molecule has 0 aliphatic carbocycles. The van der Waals surface area contributed by atoms with Gasteiger partial charge < -0.3 is 15.4 Å². The van der Waals surface area contributed by atoms with Crippen molar-refractivity contribution in [2.75, 3.05) is 58.2 Å². The number of rotatable bonds is 9. The second kappa shape index (κ2) is 12.3. The molecule has 0 saturated carbocycles. The van der Waals surface area contributed by atoms with E-state index in [-0.39, 0.29) is 35.3 Å². The first kappa shape index (κ1) is 24.8. The van der Waals surface area contributed by atoms with Crippen LogP contribution < -0.4 is 15.4 Å². The monoisotopic (exact) mass is 491 g/mol. The molecule has 0 aromatic heterocycles. The SMILES string of the molecule is CCNC(=NCC(C)(C)N1CCOCC1)NCCNS(=O)(=O)CC.I. The van der Waals surface area contributed by atoms with Gasteiger partial charge in [0, 0.05) is 38.3 Å². The molecular weight excluding hydrogens is 457 g/mol. The fourth-order valence-electron chi connectivity index (χ4n) is 2.37. The van der Waals surface area contributed by atoms with Crippen LogP contribution in [0.1, 0.15) is 27.7 Å². The van der Waals surface area contributed by atoms with Crippen LogP contribution in [0.2, 0.25) is 0 Å². The first-order valence-electron chi connectivity index (χ1n) is 8.63. The maximum absolute atomic E-state index is 11.4. The van der Waals surface area contributed by atoms with Gasteiger partial charge in [0.1, 0.15) is 0 Å². The molecule has 3 N–H and O–H groups in total. The Morgan fingerprint density at radius 3 is 2.36 bits per heavy atom. The second-order valence-corrected chi connectivity index (χ2v) is 8.43. The Labute approximate surface area is 169 Å². The lowest BCUT2D eigenvalue weighted by Gasteiger charge is -2.39. The fraction of sp³-hybridized carbons (Fsp3) is 0.933. The number of aliphatic imine (C=N–C) groups is 1. The summed E-state index contributed by atoms with van der Waals surface area (Å²) in [5.74, 6) is 0.795. The number of nitrogens with one attached hydrogen (secondary N) is 3. The van der Waals surface area contributed by atoms with Crippen LogP contribution in [0.25, 0.3) is 0 Å². The van der Waals surface area contributed by atoms with Gasteiger partial charge in [0.25, 0.3) is 0 Å². The van der Waals surface area contributed by atoms with E-state index in [0.29, 0.717) is 25.6 Å². The molecule has 0 spiro atoms. The van der Waals surface area contributed by atoms with E-state index in [0.717, 1.165) is 32.8 Å². The summed E-state index contributed by atoms with van der Waals surface area (Å²) in [6, 6.07) is 0. The Kier molecular flexibility index (Phi) is 12.2. The Balaban J connectivity index is 0.00000576. The van der Waals surface area contributed by atoms with E-state index >= 15 is 0 Å². The molecule has 0 amide bonds. The zero-order chi connectivity index (χ0) is 18.1. The van der Waals surface area contributed by atoms with E-state index in [1.165, 1.54) is 0 Å². The summed E-state index contributed by atoms with van der Waals surface area (Å²) in [5.41, 5.74) is -0.0457. The number of sulfonamides is 1. The van der Waals surface area contributed by atoms with Crippen LogP contribution in [-0.4, -0.2) is 83.1 Å². The largest absolute Gasteiger partial charge is 0.379 e. The van der Waals surface area contributed by atoms with E-state index in [4.69, 9.17) is 4.74 Å². The zero-order valence-electron chi connectivity index (χ0n) is 15.8. The summed E-state index contributed by atoms with van der Waals surface area (Å²) in [6.07, 6.45) is 0. The van der Waals surface area contributed by atoms with Gasteiger partial charge in [0.2, 0.25) is 10.0 Å². The molecule has 1 fully saturated rings. The van der Waals surface area contributed by atoms with Crippen molar-refractivity contribution in [2.24, 2.45) is 4.99 Å². The Hall–Kier alpha value is -0.170. The first-order chi connectivity index (χ1) is 11.3. The number of nitrogens with zero attached hydrogens (tertiary/aromatic N) is 2. The Bertz CT molecular complexity index is 493. The minimum atomic E-state index is -3.15. The topological polar surface area (TPSA) is 95.1 Å². The van der Waals surface area contributed by atoms with Crippen LogP contribution in [-0.2, 0) is 14.8 Å². The van der Waals surface area contributed by atoms with Gasteiger partial charge >= 0.3 is 0 Å². The highest BCUT2D eigenvalue weighted by Crippen LogP contribution is 2.16. The van der Waals surface area contributed by atoms with Crippen LogP contribution in [0.15, 0.2) is 4.99 Å². The van der Waals surface area contributed by atoms with Crippen molar-refractivity contribution in [3.63, 3.8) is 0 Å². The second-order valence-electron chi connectivity index (χ2n) is 6.33. The Morgan fingerprint density at radius 2 is 1.80 bits per heavy atom. The van der Waals surface area contributed by atoms with Crippen molar-refractivity contribution >= 4 is 40.0 Å². The quantitative estimate of drug-likeness (QED) is 0.185. The highest BCUT2D eigenvalue weighted by Gasteiger charge is 2.28. The molecule has 0 aromatic carbocycles. The lowest BCUT2D eigenvalue weighted by molar-refractivity contribution is -0.00683. The number of ether oxygens (including phenoxy) is 1. The van der Waals surface area contributed by atoms with Gasteiger partial charge in [0.05, 0.1) is 25.5 Å². The predicted octanol–water partition coefficient (Wildman–Crippen LogP) is 0.210. The summed E-state index contributed by atoms with van der Waals surface area (Å²) < 4.78 is 30.7. The number of guanidine groups is 1. The molecule has 8 nitrogen and oxygen atoms in total. The van der Waals surface area contributed by atoms with Crippen LogP contribution in [0.4, 0.5) is 0 Å². The minimum absolute atomic E-state index is 0. The van der Waals surface area contributed by atoms with E-state index in [1.807, 2.05) is 6.92 Å². The van der Waals surface area contributed by atoms with E-state index < -0.39 is 10.0 Å². The third-order valence-electron chi connectivity index (χ3n) is 3.95. The molecule has 1 saturated heterocycles. The number of morpholine rings is 1. The standard InChI is InChI=1S/C15H33N5O3S.HI/c1-5-16-14(17-7-8-19-24(21,22)6-2)18-13-15(3,4)20-9-11-23-12-10-20;/h19H,5-13H2,1-4H3,(H2,16,17,18);1H. The van der Waals surface area contributed by atoms with E-state index in [9.17, 15) is 8.42 Å². The molecule has 25 heavy (non-hydrogen) atoms. The fourth-order valence-corrected chi connectivity index (χ4v) is 2.99. The molecule has 1 aliphatic heterocycles. The summed E-state index contributed by atoms with van der Waals surface area (Å²) in [5, 5.41) is 6.35. The van der Waals surface area contributed by atoms with Gasteiger partial charge in [-0.2, -0.15) is 0 Å². The van der Waals surface area contributed by atoms with Crippen LogP contribution in [0.3, 0.4) is 0 Å². The summed E-state index contributed by atoms with van der Waals surface area (Å²) in [6.45, 7) is 13.6. The van der Waals surface area contributed by atoms with Crippen molar-refractivity contribution in [2.45, 2.75) is 33.2 Å². The van der Waals surface area contributed by atoms with Crippen molar-refractivity contribution in [1.29, 1.82) is 0 Å². The molecule has 0 atom stereocenters. The highest BCUT2D eigenvalue weighted by atomic mass is 127. The van der Waals surface area contributed by atoms with Crippen LogP contribution in [0, 0.1) is 0 Å². The summed E-state index contributed by atoms with van der Waals surface area (Å²) in [7, 11) is -3.15. The molecular formula is C15H34IN5O3S. The normalized spacial score (nSPS) is 17.0. The molecule has 1 heterocycles.